The standard InChI is InChI=1S/C20H20N4/c1-19(2)11-20(3,4)15-14(19)21-16-18(22-15)24-10-9-12-7-5-6-8-13(12)17(24)23-16/h5-10H,11H2,1-4H3. The first-order chi connectivity index (χ1) is 11.4. The molecule has 3 aromatic heterocycles. The molecule has 0 amide bonds. The number of aromatic nitrogens is 4. The minimum atomic E-state index is 0.0396. The van der Waals surface area contributed by atoms with Crippen molar-refractivity contribution in [2.75, 3.05) is 0 Å². The topological polar surface area (TPSA) is 43.1 Å². The SMILES string of the molecule is CC1(C)CC(C)(C)c2nc3c(nc21)nc1c2ccccc2ccn31. The molecule has 4 nitrogen and oxygen atoms in total. The normalized spacial score (nSPS) is 18.5. The van der Waals surface area contributed by atoms with Crippen LogP contribution in [0.1, 0.15) is 45.5 Å². The zero-order chi connectivity index (χ0) is 16.7. The molecule has 0 saturated heterocycles. The molecule has 0 N–H and O–H groups in total. The van der Waals surface area contributed by atoms with Gasteiger partial charge in [0.1, 0.15) is 5.65 Å². The lowest BCUT2D eigenvalue weighted by atomic mass is 9.83. The molecule has 120 valence electrons. The van der Waals surface area contributed by atoms with Crippen molar-refractivity contribution >= 4 is 27.7 Å². The molecule has 0 bridgehead atoms. The predicted octanol–water partition coefficient (Wildman–Crippen LogP) is 4.39. The van der Waals surface area contributed by atoms with Gasteiger partial charge >= 0.3 is 0 Å². The molecule has 4 heteroatoms. The largest absolute Gasteiger partial charge is 0.282 e. The van der Waals surface area contributed by atoms with E-state index in [0.717, 1.165) is 40.1 Å². The van der Waals surface area contributed by atoms with Gasteiger partial charge in [-0.1, -0.05) is 52.0 Å². The summed E-state index contributed by atoms with van der Waals surface area (Å²) in [5.74, 6) is 0. The maximum absolute atomic E-state index is 5.04. The number of pyridine rings is 1. The minimum absolute atomic E-state index is 0.0396. The third kappa shape index (κ3) is 1.66. The summed E-state index contributed by atoms with van der Waals surface area (Å²) in [5.41, 5.74) is 4.85. The Morgan fingerprint density at radius 2 is 1.54 bits per heavy atom. The van der Waals surface area contributed by atoms with Gasteiger partial charge in [-0.3, -0.25) is 4.40 Å². The van der Waals surface area contributed by atoms with E-state index < -0.39 is 0 Å². The van der Waals surface area contributed by atoms with Gasteiger partial charge in [-0.2, -0.15) is 0 Å². The Labute approximate surface area is 140 Å². The lowest BCUT2D eigenvalue weighted by molar-refractivity contribution is 0.396. The summed E-state index contributed by atoms with van der Waals surface area (Å²) in [6, 6.07) is 10.4. The number of fused-ring (bicyclic) bond motifs is 6. The van der Waals surface area contributed by atoms with Crippen molar-refractivity contribution in [2.24, 2.45) is 0 Å². The van der Waals surface area contributed by atoms with Gasteiger partial charge in [0.2, 0.25) is 0 Å². The van der Waals surface area contributed by atoms with Crippen LogP contribution >= 0.6 is 0 Å². The molecular weight excluding hydrogens is 296 g/mol. The molecule has 1 aromatic carbocycles. The molecule has 0 radical (unpaired) electrons. The van der Waals surface area contributed by atoms with Crippen LogP contribution in [0.3, 0.4) is 0 Å². The van der Waals surface area contributed by atoms with Crippen LogP contribution in [0.2, 0.25) is 0 Å². The highest BCUT2D eigenvalue weighted by molar-refractivity contribution is 5.96. The average molecular weight is 316 g/mol. The minimum Gasteiger partial charge on any atom is -0.282 e. The van der Waals surface area contributed by atoms with E-state index in [1.807, 2.05) is 0 Å². The molecule has 4 aromatic rings. The maximum atomic E-state index is 5.04. The number of hydrogen-bond acceptors (Lipinski definition) is 3. The summed E-state index contributed by atoms with van der Waals surface area (Å²) >= 11 is 0. The van der Waals surface area contributed by atoms with Crippen molar-refractivity contribution < 1.29 is 0 Å². The highest BCUT2D eigenvalue weighted by Gasteiger charge is 2.45. The lowest BCUT2D eigenvalue weighted by Crippen LogP contribution is -2.18. The van der Waals surface area contributed by atoms with Crippen molar-refractivity contribution in [1.29, 1.82) is 0 Å². The fourth-order valence-corrected chi connectivity index (χ4v) is 4.46. The smallest absolute Gasteiger partial charge is 0.198 e. The van der Waals surface area contributed by atoms with Gasteiger partial charge in [-0.05, 0) is 17.9 Å². The molecule has 1 aliphatic carbocycles. The van der Waals surface area contributed by atoms with Crippen LogP contribution in [-0.4, -0.2) is 19.4 Å². The van der Waals surface area contributed by atoms with E-state index >= 15 is 0 Å². The van der Waals surface area contributed by atoms with Gasteiger partial charge in [-0.25, -0.2) is 15.0 Å². The zero-order valence-corrected chi connectivity index (χ0v) is 14.5. The van der Waals surface area contributed by atoms with E-state index in [-0.39, 0.29) is 10.8 Å². The lowest BCUT2D eigenvalue weighted by Gasteiger charge is -2.21. The third-order valence-corrected chi connectivity index (χ3v) is 5.30. The number of nitrogens with zero attached hydrogens (tertiary/aromatic N) is 4. The van der Waals surface area contributed by atoms with Gasteiger partial charge in [-0.15, -0.1) is 0 Å². The van der Waals surface area contributed by atoms with E-state index in [9.17, 15) is 0 Å². The van der Waals surface area contributed by atoms with Crippen molar-refractivity contribution in [2.45, 2.75) is 44.9 Å². The van der Waals surface area contributed by atoms with E-state index in [1.165, 1.54) is 5.39 Å². The van der Waals surface area contributed by atoms with Crippen LogP contribution < -0.4 is 0 Å². The number of hydrogen-bond donors (Lipinski definition) is 0. The number of rotatable bonds is 0. The van der Waals surface area contributed by atoms with E-state index in [1.54, 1.807) is 0 Å². The second-order valence-electron chi connectivity index (χ2n) is 8.22. The van der Waals surface area contributed by atoms with Crippen LogP contribution in [0.25, 0.3) is 27.7 Å². The summed E-state index contributed by atoms with van der Waals surface area (Å²) < 4.78 is 2.08. The monoisotopic (exact) mass is 316 g/mol. The first-order valence-electron chi connectivity index (χ1n) is 8.45. The fourth-order valence-electron chi connectivity index (χ4n) is 4.46. The van der Waals surface area contributed by atoms with Gasteiger partial charge in [0.25, 0.3) is 0 Å². The molecule has 5 rings (SSSR count). The molecule has 0 saturated carbocycles. The summed E-state index contributed by atoms with van der Waals surface area (Å²) in [7, 11) is 0. The second kappa shape index (κ2) is 4.12. The molecule has 0 spiro atoms. The maximum Gasteiger partial charge on any atom is 0.198 e. The molecule has 0 unspecified atom stereocenters. The first kappa shape index (κ1) is 13.9. The Morgan fingerprint density at radius 3 is 2.33 bits per heavy atom. The van der Waals surface area contributed by atoms with Crippen LogP contribution in [0.5, 0.6) is 0 Å². The highest BCUT2D eigenvalue weighted by Crippen LogP contribution is 2.47. The molecular formula is C20H20N4. The Bertz CT molecular complexity index is 1130. The fraction of sp³-hybridized carbons (Fsp3) is 0.350. The van der Waals surface area contributed by atoms with Crippen molar-refractivity contribution in [3.63, 3.8) is 0 Å². The van der Waals surface area contributed by atoms with Crippen molar-refractivity contribution in [3.8, 4) is 0 Å². The Balaban J connectivity index is 1.94. The zero-order valence-electron chi connectivity index (χ0n) is 14.5. The quantitative estimate of drug-likeness (QED) is 0.483. The van der Waals surface area contributed by atoms with Gasteiger partial charge in [0.15, 0.2) is 11.3 Å². The molecule has 0 atom stereocenters. The number of imidazole rings is 1. The Morgan fingerprint density at radius 1 is 0.833 bits per heavy atom. The summed E-state index contributed by atoms with van der Waals surface area (Å²) in [5, 5.41) is 2.33. The van der Waals surface area contributed by atoms with Crippen LogP contribution in [0, 0.1) is 0 Å². The Hall–Kier alpha value is -2.49. The first-order valence-corrected chi connectivity index (χ1v) is 8.45. The predicted molar refractivity (Wildman–Crippen MR) is 96.5 cm³/mol. The van der Waals surface area contributed by atoms with Crippen LogP contribution in [0.4, 0.5) is 0 Å². The van der Waals surface area contributed by atoms with E-state index in [0.29, 0.717) is 0 Å². The van der Waals surface area contributed by atoms with Crippen LogP contribution in [0.15, 0.2) is 36.5 Å². The third-order valence-electron chi connectivity index (χ3n) is 5.30. The van der Waals surface area contributed by atoms with Gasteiger partial charge in [0.05, 0.1) is 11.4 Å². The second-order valence-corrected chi connectivity index (χ2v) is 8.22. The highest BCUT2D eigenvalue weighted by atomic mass is 15.1. The molecule has 0 fully saturated rings. The molecule has 24 heavy (non-hydrogen) atoms. The van der Waals surface area contributed by atoms with E-state index in [2.05, 4.69) is 68.6 Å². The van der Waals surface area contributed by atoms with Gasteiger partial charge < -0.3 is 0 Å². The molecule has 1 aliphatic rings. The summed E-state index contributed by atoms with van der Waals surface area (Å²) in [4.78, 5) is 14.8. The van der Waals surface area contributed by atoms with E-state index in [4.69, 9.17) is 15.0 Å². The Kier molecular flexibility index (Phi) is 2.39. The summed E-state index contributed by atoms with van der Waals surface area (Å²) in [6.07, 6.45) is 3.12. The summed E-state index contributed by atoms with van der Waals surface area (Å²) in [6.45, 7) is 9.04. The molecule has 0 aliphatic heterocycles. The average Bonchev–Trinajstić information content (AvgIpc) is 2.98. The van der Waals surface area contributed by atoms with Crippen molar-refractivity contribution in [1.82, 2.24) is 19.4 Å². The number of benzene rings is 1. The van der Waals surface area contributed by atoms with Crippen LogP contribution in [-0.2, 0) is 10.8 Å². The van der Waals surface area contributed by atoms with Crippen molar-refractivity contribution in [3.05, 3.63) is 47.9 Å². The van der Waals surface area contributed by atoms with Gasteiger partial charge in [0, 0.05) is 22.4 Å². The molecule has 3 heterocycles.